The maximum Gasteiger partial charge on any atom is 0.164 e. The number of rotatable bonds is 5. The fourth-order valence-electron chi connectivity index (χ4n) is 6.79. The number of aromatic amines is 1. The van der Waals surface area contributed by atoms with Gasteiger partial charge in [0.1, 0.15) is 41.9 Å². The first-order valence-electron chi connectivity index (χ1n) is 13.5. The number of nitrogens with two attached hydrogens (primary N) is 1. The standard InChI is InChI=1S/C27H34N8O3/c28-24-17-6-11-35(25(17)30-16-29-24)26-23(37)22(36)20(38-26)14-34-10-3-7-27(34)8-12-33(13-9-27)15-21-31-18-4-1-2-5-19(18)32-21/h1-2,4-6,11,16,20,22-23,26,36-37H,3,7-10,12-15H2,(H,31,32)(H2,28,29,30)/t20-,22-,23-,26-/m1/s1. The third-order valence-electron chi connectivity index (χ3n) is 8.89. The molecule has 11 heteroatoms. The highest BCUT2D eigenvalue weighted by Crippen LogP contribution is 2.41. The molecule has 200 valence electrons. The van der Waals surface area contributed by atoms with Crippen molar-refractivity contribution in [2.45, 2.75) is 62.3 Å². The van der Waals surface area contributed by atoms with E-state index >= 15 is 0 Å². The van der Waals surface area contributed by atoms with Crippen molar-refractivity contribution in [3.05, 3.63) is 48.7 Å². The molecule has 4 aromatic rings. The van der Waals surface area contributed by atoms with Gasteiger partial charge >= 0.3 is 0 Å². The van der Waals surface area contributed by atoms with Gasteiger partial charge in [0.05, 0.1) is 23.0 Å². The number of nitrogens with one attached hydrogen (secondary N) is 1. The monoisotopic (exact) mass is 518 g/mol. The molecule has 4 atom stereocenters. The van der Waals surface area contributed by atoms with Crippen LogP contribution in [-0.2, 0) is 11.3 Å². The molecule has 0 unspecified atom stereocenters. The van der Waals surface area contributed by atoms with Crippen LogP contribution in [-0.4, -0.2) is 94.5 Å². The molecule has 11 nitrogen and oxygen atoms in total. The van der Waals surface area contributed by atoms with E-state index < -0.39 is 24.5 Å². The molecule has 7 rings (SSSR count). The highest BCUT2D eigenvalue weighted by Gasteiger charge is 2.49. The Balaban J connectivity index is 1.02. The molecule has 0 saturated carbocycles. The number of H-pyrrole nitrogens is 1. The lowest BCUT2D eigenvalue weighted by molar-refractivity contribution is -0.0579. The second kappa shape index (κ2) is 9.28. The molecule has 1 aromatic carbocycles. The van der Waals surface area contributed by atoms with Crippen molar-refractivity contribution in [3.8, 4) is 0 Å². The first-order chi connectivity index (χ1) is 18.5. The maximum atomic E-state index is 11.0. The highest BCUT2D eigenvalue weighted by atomic mass is 16.6. The van der Waals surface area contributed by atoms with Gasteiger partial charge in [0.25, 0.3) is 0 Å². The normalized spacial score (nSPS) is 28.3. The van der Waals surface area contributed by atoms with E-state index in [2.05, 4.69) is 30.8 Å². The van der Waals surface area contributed by atoms with Crippen LogP contribution in [0.4, 0.5) is 5.82 Å². The lowest BCUT2D eigenvalue weighted by Gasteiger charge is -2.45. The Bertz CT molecular complexity index is 1410. The number of nitrogen functional groups attached to an aromatic ring is 1. The molecule has 3 aliphatic rings. The van der Waals surface area contributed by atoms with Gasteiger partial charge in [-0.3, -0.25) is 9.80 Å². The molecule has 0 aliphatic carbocycles. The SMILES string of the molecule is Nc1ncnc2c1ccn2[C@@H]1O[C@H](CN2CCCC23CCN(Cc2nc4ccccc4[nH]2)CC3)[C@@H](O)[C@H]1O. The van der Waals surface area contributed by atoms with Crippen molar-refractivity contribution in [1.82, 2.24) is 34.3 Å². The lowest BCUT2D eigenvalue weighted by Crippen LogP contribution is -2.54. The largest absolute Gasteiger partial charge is 0.387 e. The summed E-state index contributed by atoms with van der Waals surface area (Å²) >= 11 is 0. The Hall–Kier alpha value is -3.09. The Labute approximate surface area is 220 Å². The minimum atomic E-state index is -1.06. The number of benzene rings is 1. The van der Waals surface area contributed by atoms with Crippen LogP contribution in [0.2, 0.25) is 0 Å². The second-order valence-electron chi connectivity index (χ2n) is 11.0. The van der Waals surface area contributed by atoms with E-state index in [0.29, 0.717) is 23.4 Å². The molecule has 3 saturated heterocycles. The van der Waals surface area contributed by atoms with Crippen molar-refractivity contribution in [2.24, 2.45) is 0 Å². The zero-order valence-electron chi connectivity index (χ0n) is 21.3. The van der Waals surface area contributed by atoms with Crippen LogP contribution in [0.15, 0.2) is 42.9 Å². The number of aliphatic hydroxyl groups excluding tert-OH is 2. The molecule has 1 spiro atoms. The number of likely N-dealkylation sites (tertiary alicyclic amines) is 2. The summed E-state index contributed by atoms with van der Waals surface area (Å²) in [4.78, 5) is 21.6. The van der Waals surface area contributed by atoms with Crippen LogP contribution in [0.5, 0.6) is 0 Å². The molecule has 3 aliphatic heterocycles. The summed E-state index contributed by atoms with van der Waals surface area (Å²) in [6.45, 7) is 4.40. The van der Waals surface area contributed by atoms with Crippen molar-refractivity contribution < 1.29 is 14.9 Å². The van der Waals surface area contributed by atoms with E-state index in [4.69, 9.17) is 15.5 Å². The van der Waals surface area contributed by atoms with Gasteiger partial charge in [0.15, 0.2) is 6.23 Å². The average Bonchev–Trinajstić information content (AvgIpc) is 3.69. The second-order valence-corrected chi connectivity index (χ2v) is 11.0. The number of anilines is 1. The first-order valence-corrected chi connectivity index (χ1v) is 13.5. The van der Waals surface area contributed by atoms with Gasteiger partial charge in [0, 0.05) is 31.4 Å². The third kappa shape index (κ3) is 3.97. The van der Waals surface area contributed by atoms with E-state index in [1.165, 1.54) is 6.33 Å². The number of imidazole rings is 1. The van der Waals surface area contributed by atoms with Gasteiger partial charge in [-0.05, 0) is 50.4 Å². The van der Waals surface area contributed by atoms with E-state index in [9.17, 15) is 10.2 Å². The Kier molecular flexibility index (Phi) is 5.86. The van der Waals surface area contributed by atoms with Gasteiger partial charge < -0.3 is 30.2 Å². The highest BCUT2D eigenvalue weighted by molar-refractivity contribution is 5.86. The molecular weight excluding hydrogens is 484 g/mol. The van der Waals surface area contributed by atoms with Crippen molar-refractivity contribution in [3.63, 3.8) is 0 Å². The summed E-state index contributed by atoms with van der Waals surface area (Å²) < 4.78 is 8.05. The number of piperidine rings is 1. The van der Waals surface area contributed by atoms with E-state index in [-0.39, 0.29) is 5.54 Å². The predicted octanol–water partition coefficient (Wildman–Crippen LogP) is 1.64. The average molecular weight is 519 g/mol. The molecule has 3 aromatic heterocycles. The minimum Gasteiger partial charge on any atom is -0.387 e. The smallest absolute Gasteiger partial charge is 0.164 e. The molecule has 6 heterocycles. The van der Waals surface area contributed by atoms with Crippen LogP contribution in [0.1, 0.15) is 37.7 Å². The number of fused-ring (bicyclic) bond motifs is 2. The topological polar surface area (TPSA) is 142 Å². The maximum absolute atomic E-state index is 11.0. The molecule has 0 amide bonds. The van der Waals surface area contributed by atoms with Gasteiger partial charge in [-0.1, -0.05) is 12.1 Å². The van der Waals surface area contributed by atoms with Crippen molar-refractivity contribution in [1.29, 1.82) is 0 Å². The molecule has 0 radical (unpaired) electrons. The first kappa shape index (κ1) is 24.0. The summed E-state index contributed by atoms with van der Waals surface area (Å²) in [5.74, 6) is 1.39. The number of aromatic nitrogens is 5. The number of para-hydroxylation sites is 2. The predicted molar refractivity (Wildman–Crippen MR) is 142 cm³/mol. The van der Waals surface area contributed by atoms with Gasteiger partial charge in [-0.15, -0.1) is 0 Å². The Morgan fingerprint density at radius 3 is 2.74 bits per heavy atom. The summed E-state index contributed by atoms with van der Waals surface area (Å²) in [5.41, 5.74) is 8.77. The summed E-state index contributed by atoms with van der Waals surface area (Å²) in [6, 6.07) is 9.97. The van der Waals surface area contributed by atoms with Crippen LogP contribution < -0.4 is 5.73 Å². The number of hydrogen-bond acceptors (Lipinski definition) is 9. The van der Waals surface area contributed by atoms with Gasteiger partial charge in [-0.2, -0.15) is 0 Å². The Morgan fingerprint density at radius 2 is 1.89 bits per heavy atom. The van der Waals surface area contributed by atoms with Crippen molar-refractivity contribution >= 4 is 27.9 Å². The van der Waals surface area contributed by atoms with E-state index in [1.807, 2.05) is 24.3 Å². The van der Waals surface area contributed by atoms with Crippen molar-refractivity contribution in [2.75, 3.05) is 31.9 Å². The van der Waals surface area contributed by atoms with Crippen LogP contribution >= 0.6 is 0 Å². The molecule has 0 bridgehead atoms. The number of aliphatic hydroxyl groups is 2. The summed E-state index contributed by atoms with van der Waals surface area (Å²) in [6.07, 6.45) is 4.35. The quantitative estimate of drug-likeness (QED) is 0.310. The van der Waals surface area contributed by atoms with Crippen LogP contribution in [0, 0.1) is 0 Å². The Morgan fingerprint density at radius 1 is 1.05 bits per heavy atom. The minimum absolute atomic E-state index is 0.109. The third-order valence-corrected chi connectivity index (χ3v) is 8.89. The van der Waals surface area contributed by atoms with E-state index in [1.54, 1.807) is 10.8 Å². The number of ether oxygens (including phenoxy) is 1. The summed E-state index contributed by atoms with van der Waals surface area (Å²) in [7, 11) is 0. The number of hydrogen-bond donors (Lipinski definition) is 4. The lowest BCUT2D eigenvalue weighted by atomic mass is 9.84. The van der Waals surface area contributed by atoms with Gasteiger partial charge in [0.2, 0.25) is 0 Å². The zero-order valence-corrected chi connectivity index (χ0v) is 21.3. The molecule has 3 fully saturated rings. The van der Waals surface area contributed by atoms with E-state index in [0.717, 1.165) is 68.7 Å². The summed E-state index contributed by atoms with van der Waals surface area (Å²) in [5, 5.41) is 22.6. The zero-order chi connectivity index (χ0) is 25.9. The van der Waals surface area contributed by atoms with Crippen LogP contribution in [0.3, 0.4) is 0 Å². The molecule has 5 N–H and O–H groups in total. The van der Waals surface area contributed by atoms with Gasteiger partial charge in [-0.25, -0.2) is 15.0 Å². The molecule has 38 heavy (non-hydrogen) atoms. The fourth-order valence-corrected chi connectivity index (χ4v) is 6.79. The van der Waals surface area contributed by atoms with Crippen LogP contribution in [0.25, 0.3) is 22.1 Å². The fraction of sp³-hybridized carbons (Fsp3) is 0.519. The number of nitrogens with zero attached hydrogens (tertiary/aromatic N) is 6. The molecular formula is C27H34N8O3.